The zero-order chi connectivity index (χ0) is 33.7. The number of amides is 3. The molecule has 4 N–H and O–H groups in total. The Labute approximate surface area is 273 Å². The molecule has 1 aliphatic carbocycles. The molecule has 3 aromatic rings. The predicted octanol–water partition coefficient (Wildman–Crippen LogP) is 5.48. The van der Waals surface area contributed by atoms with Crippen molar-refractivity contribution in [2.45, 2.75) is 58.0 Å². The van der Waals surface area contributed by atoms with Gasteiger partial charge in [0.15, 0.2) is 0 Å². The van der Waals surface area contributed by atoms with Crippen LogP contribution in [0.25, 0.3) is 0 Å². The number of hydrogen-bond donors (Lipinski definition) is 3. The lowest BCUT2D eigenvalue weighted by atomic mass is 9.84. The van der Waals surface area contributed by atoms with Gasteiger partial charge in [-0.3, -0.25) is 14.4 Å². The van der Waals surface area contributed by atoms with Crippen molar-refractivity contribution in [1.29, 1.82) is 0 Å². The zero-order valence-electron chi connectivity index (χ0n) is 26.5. The first-order valence-corrected chi connectivity index (χ1v) is 17.6. The highest BCUT2D eigenvalue weighted by Gasteiger charge is 2.32. The highest BCUT2D eigenvalue weighted by molar-refractivity contribution is 7.92. The standard InChI is InChI=1S/C33H40F2N6O5S/c1-3-29-22(7-12-31(37-29)46-25-10-8-23(9-11-25)39-47(2,44)45)20-40-15-13-24(14-16-40)41(19-21-5-4-6-21)33(43)38-30-17-26(32(36)42)27(34)18-28(30)35/h7-12,17-18,21,24,39H,3-6,13-16,19-20H2,1-2H3,(H2,36,42)(H,38,43). The SMILES string of the molecule is CCc1nc(Oc2ccc(NS(C)(=O)=O)cc2)ccc1CN1CCC(N(CC2CCC2)C(=O)Nc2cc(C(N)=O)c(F)cc2F)CC1. The van der Waals surface area contributed by atoms with Crippen LogP contribution in [0.4, 0.5) is 25.0 Å². The van der Waals surface area contributed by atoms with E-state index >= 15 is 0 Å². The minimum Gasteiger partial charge on any atom is -0.439 e. The number of ether oxygens (including phenoxy) is 1. The fourth-order valence-electron chi connectivity index (χ4n) is 5.94. The number of sulfonamides is 1. The molecular weight excluding hydrogens is 630 g/mol. The molecule has 0 unspecified atom stereocenters. The van der Waals surface area contributed by atoms with Crippen molar-refractivity contribution in [3.05, 3.63) is 77.0 Å². The molecule has 2 fully saturated rings. The number of piperidine rings is 1. The van der Waals surface area contributed by atoms with Crippen molar-refractivity contribution in [3.63, 3.8) is 0 Å². The first-order chi connectivity index (χ1) is 22.4. The number of pyridine rings is 1. The van der Waals surface area contributed by atoms with E-state index < -0.39 is 39.2 Å². The number of hydrogen-bond acceptors (Lipinski definition) is 7. The van der Waals surface area contributed by atoms with E-state index in [2.05, 4.69) is 14.9 Å². The third-order valence-electron chi connectivity index (χ3n) is 8.65. The molecule has 0 bridgehead atoms. The fraction of sp³-hybridized carbons (Fsp3) is 0.424. The van der Waals surface area contributed by atoms with Crippen molar-refractivity contribution in [1.82, 2.24) is 14.8 Å². The molecule has 2 aliphatic rings. The third-order valence-corrected chi connectivity index (χ3v) is 9.26. The lowest BCUT2D eigenvalue weighted by molar-refractivity contribution is 0.0994. The molecule has 252 valence electrons. The summed E-state index contributed by atoms with van der Waals surface area (Å²) in [4.78, 5) is 33.9. The number of nitrogens with one attached hydrogen (secondary N) is 2. The number of anilines is 2. The Bertz CT molecular complexity index is 1710. The van der Waals surface area contributed by atoms with Crippen molar-refractivity contribution in [2.24, 2.45) is 11.7 Å². The summed E-state index contributed by atoms with van der Waals surface area (Å²) in [5.74, 6) is -1.76. The van der Waals surface area contributed by atoms with Crippen LogP contribution in [0.15, 0.2) is 48.5 Å². The van der Waals surface area contributed by atoms with Gasteiger partial charge >= 0.3 is 6.03 Å². The van der Waals surface area contributed by atoms with Crippen molar-refractivity contribution >= 4 is 33.3 Å². The van der Waals surface area contributed by atoms with E-state index in [1.54, 1.807) is 29.2 Å². The average Bonchev–Trinajstić information content (AvgIpc) is 2.99. The fourth-order valence-corrected chi connectivity index (χ4v) is 6.51. The molecule has 2 aromatic carbocycles. The molecule has 1 saturated heterocycles. The van der Waals surface area contributed by atoms with Gasteiger partial charge in [-0.1, -0.05) is 19.4 Å². The number of primary amides is 1. The van der Waals surface area contributed by atoms with Crippen LogP contribution in [-0.4, -0.2) is 67.1 Å². The highest BCUT2D eigenvalue weighted by atomic mass is 32.2. The van der Waals surface area contributed by atoms with Crippen molar-refractivity contribution in [2.75, 3.05) is 35.9 Å². The number of carbonyl (C=O) groups excluding carboxylic acids is 2. The molecule has 3 amide bonds. The Morgan fingerprint density at radius 1 is 1.04 bits per heavy atom. The number of aryl methyl sites for hydroxylation is 1. The van der Waals surface area contributed by atoms with Crippen LogP contribution in [0.5, 0.6) is 11.6 Å². The van der Waals surface area contributed by atoms with Gasteiger partial charge in [0.05, 0.1) is 17.5 Å². The maximum absolute atomic E-state index is 14.6. The minimum absolute atomic E-state index is 0.0652. The van der Waals surface area contributed by atoms with Gasteiger partial charge in [0.2, 0.25) is 15.9 Å². The van der Waals surface area contributed by atoms with Gasteiger partial charge in [0.25, 0.3) is 5.91 Å². The highest BCUT2D eigenvalue weighted by Crippen LogP contribution is 2.31. The Hall–Kier alpha value is -4.30. The van der Waals surface area contributed by atoms with Gasteiger partial charge < -0.3 is 20.7 Å². The number of urea groups is 1. The topological polar surface area (TPSA) is 147 Å². The van der Waals surface area contributed by atoms with E-state index in [0.29, 0.717) is 48.8 Å². The van der Waals surface area contributed by atoms with Crippen molar-refractivity contribution < 1.29 is 31.5 Å². The number of aromatic nitrogens is 1. The number of likely N-dealkylation sites (tertiary alicyclic amines) is 1. The van der Waals surface area contributed by atoms with Gasteiger partial charge in [-0.05, 0) is 73.9 Å². The maximum atomic E-state index is 14.6. The van der Waals surface area contributed by atoms with Crippen molar-refractivity contribution in [3.8, 4) is 11.6 Å². The van der Waals surface area contributed by atoms with Gasteiger partial charge in [-0.25, -0.2) is 27.0 Å². The number of halogens is 2. The number of rotatable bonds is 12. The second-order valence-corrected chi connectivity index (χ2v) is 13.9. The quantitative estimate of drug-likeness (QED) is 0.231. The first kappa shape index (κ1) is 34.0. The normalized spacial score (nSPS) is 15.9. The molecule has 0 atom stereocenters. The van der Waals surface area contributed by atoms with Gasteiger partial charge in [-0.2, -0.15) is 0 Å². The lowest BCUT2D eigenvalue weighted by Crippen LogP contribution is -2.51. The summed E-state index contributed by atoms with van der Waals surface area (Å²) in [7, 11) is -3.37. The summed E-state index contributed by atoms with van der Waals surface area (Å²) in [6.45, 7) is 4.74. The zero-order valence-corrected chi connectivity index (χ0v) is 27.3. The van der Waals surface area contributed by atoms with Crippen LogP contribution < -0.4 is 20.5 Å². The summed E-state index contributed by atoms with van der Waals surface area (Å²) >= 11 is 0. The molecule has 11 nitrogen and oxygen atoms in total. The van der Waals surface area contributed by atoms with E-state index in [0.717, 1.165) is 68.8 Å². The second kappa shape index (κ2) is 14.6. The first-order valence-electron chi connectivity index (χ1n) is 15.7. The molecule has 2 heterocycles. The predicted molar refractivity (Wildman–Crippen MR) is 175 cm³/mol. The van der Waals surface area contributed by atoms with E-state index in [1.807, 2.05) is 19.1 Å². The molecular formula is C33H40F2N6O5S. The van der Waals surface area contributed by atoms with E-state index in [4.69, 9.17) is 15.5 Å². The van der Waals surface area contributed by atoms with Gasteiger partial charge in [0.1, 0.15) is 17.4 Å². The Morgan fingerprint density at radius 2 is 1.74 bits per heavy atom. The Balaban J connectivity index is 1.20. The van der Waals surface area contributed by atoms with Crippen LogP contribution in [0.3, 0.4) is 0 Å². The van der Waals surface area contributed by atoms with Crippen LogP contribution in [0.1, 0.15) is 60.6 Å². The molecule has 47 heavy (non-hydrogen) atoms. The molecule has 0 spiro atoms. The molecule has 1 aliphatic heterocycles. The summed E-state index contributed by atoms with van der Waals surface area (Å²) in [5, 5.41) is 2.56. The summed E-state index contributed by atoms with van der Waals surface area (Å²) in [6.07, 6.45) is 6.39. The smallest absolute Gasteiger partial charge is 0.322 e. The van der Waals surface area contributed by atoms with Gasteiger partial charge in [0, 0.05) is 55.7 Å². The van der Waals surface area contributed by atoms with E-state index in [-0.39, 0.29) is 11.7 Å². The monoisotopic (exact) mass is 670 g/mol. The van der Waals surface area contributed by atoms with Crippen LogP contribution >= 0.6 is 0 Å². The number of benzene rings is 2. The summed E-state index contributed by atoms with van der Waals surface area (Å²) in [6, 6.07) is 11.3. The largest absolute Gasteiger partial charge is 0.439 e. The molecule has 0 radical (unpaired) electrons. The molecule has 14 heteroatoms. The van der Waals surface area contributed by atoms with Crippen LogP contribution in [0, 0.1) is 17.6 Å². The lowest BCUT2D eigenvalue weighted by Gasteiger charge is -2.41. The van der Waals surface area contributed by atoms with Gasteiger partial charge in [-0.15, -0.1) is 0 Å². The number of carbonyl (C=O) groups is 2. The Kier molecular flexibility index (Phi) is 10.6. The number of nitrogens with zero attached hydrogens (tertiary/aromatic N) is 3. The summed E-state index contributed by atoms with van der Waals surface area (Å²) < 4.78 is 59.8. The Morgan fingerprint density at radius 3 is 2.34 bits per heavy atom. The van der Waals surface area contributed by atoms with E-state index in [1.165, 1.54) is 0 Å². The second-order valence-electron chi connectivity index (χ2n) is 12.2. The van der Waals surface area contributed by atoms with E-state index in [9.17, 15) is 26.8 Å². The maximum Gasteiger partial charge on any atom is 0.322 e. The third kappa shape index (κ3) is 8.95. The average molecular weight is 671 g/mol. The number of nitrogens with two attached hydrogens (primary N) is 1. The summed E-state index contributed by atoms with van der Waals surface area (Å²) in [5.41, 5.74) is 6.87. The minimum atomic E-state index is -3.37. The molecule has 1 aromatic heterocycles. The molecule has 1 saturated carbocycles. The molecule has 5 rings (SSSR count). The van der Waals surface area contributed by atoms with Crippen LogP contribution in [0.2, 0.25) is 0 Å². The van der Waals surface area contributed by atoms with Crippen LogP contribution in [-0.2, 0) is 23.0 Å².